The van der Waals surface area contributed by atoms with Crippen LogP contribution in [0.4, 0.5) is 32.4 Å². The molecule has 3 aromatic carbocycles. The van der Waals surface area contributed by atoms with Gasteiger partial charge in [-0.2, -0.15) is 18.3 Å². The zero-order valence-electron chi connectivity index (χ0n) is 24.0. The Morgan fingerprint density at radius 3 is 2.33 bits per heavy atom. The summed E-state index contributed by atoms with van der Waals surface area (Å²) in [6, 6.07) is 11.5. The fourth-order valence-electron chi connectivity index (χ4n) is 5.92. The van der Waals surface area contributed by atoms with E-state index in [1.54, 1.807) is 17.7 Å². The van der Waals surface area contributed by atoms with E-state index in [9.17, 15) is 18.0 Å². The molecule has 1 aromatic heterocycles. The number of urea groups is 1. The number of carbonyl (C=O) groups excluding carboxylic acids is 1. The van der Waals surface area contributed by atoms with Crippen LogP contribution >= 0.6 is 0 Å². The number of nitrogens with two attached hydrogens (primary N) is 1. The number of anilines is 1. The quantitative estimate of drug-likeness (QED) is 0.216. The van der Waals surface area contributed by atoms with Crippen LogP contribution in [0.15, 0.2) is 54.6 Å². The lowest BCUT2D eigenvalue weighted by molar-refractivity contribution is -0.138. The number of carbonyl (C=O) groups is 1. The number of hydrogen-bond donors (Lipinski definition) is 2. The number of benzene rings is 3. The van der Waals surface area contributed by atoms with Crippen LogP contribution in [-0.4, -0.2) is 27.3 Å². The first-order valence-corrected chi connectivity index (χ1v) is 14.1. The molecule has 226 valence electrons. The number of para-hydroxylation sites is 1. The molecule has 11 heteroatoms. The first-order valence-electron chi connectivity index (χ1n) is 14.1. The predicted molar refractivity (Wildman–Crippen MR) is 155 cm³/mol. The summed E-state index contributed by atoms with van der Waals surface area (Å²) >= 11 is 0. The molecule has 3 N–H and O–H groups in total. The minimum Gasteiger partial charge on any atom is -0.351 e. The van der Waals surface area contributed by atoms with Crippen LogP contribution in [0.1, 0.15) is 60.3 Å². The molecule has 5 rings (SSSR count). The highest BCUT2D eigenvalue weighted by Crippen LogP contribution is 2.41. The Labute approximate surface area is 246 Å². The molecule has 4 aromatic rings. The van der Waals surface area contributed by atoms with Crippen molar-refractivity contribution in [2.75, 3.05) is 11.9 Å². The fourth-order valence-corrected chi connectivity index (χ4v) is 5.92. The van der Waals surface area contributed by atoms with Crippen molar-refractivity contribution in [2.45, 2.75) is 58.8 Å². The topological polar surface area (TPSA) is 76.2 Å². The molecular formula is C32H32F5N5O. The van der Waals surface area contributed by atoms with Crippen molar-refractivity contribution in [1.82, 2.24) is 14.7 Å². The molecule has 2 heterocycles. The van der Waals surface area contributed by atoms with Crippen LogP contribution in [0.3, 0.4) is 0 Å². The van der Waals surface area contributed by atoms with Crippen LogP contribution in [0.5, 0.6) is 0 Å². The molecule has 0 saturated heterocycles. The van der Waals surface area contributed by atoms with E-state index in [1.165, 1.54) is 12.1 Å². The van der Waals surface area contributed by atoms with Crippen molar-refractivity contribution in [3.63, 3.8) is 0 Å². The minimum atomic E-state index is -4.52. The fraction of sp³-hybridized carbons (Fsp3) is 0.312. The van der Waals surface area contributed by atoms with Crippen LogP contribution in [0.25, 0.3) is 16.9 Å². The standard InChI is InChI=1S/C32H32F5N5O/c1-4-19-9-8-10-20(5-2)29(19)42-30(22-15-26(34)28(16-25(22)33)39-31(38)43)23-17-41(14-13-27(23)40-42)18(3)21-11-6-7-12-24(21)32(35,36)37/h6-12,15-16,18H,4-5,13-14,17H2,1-3H3,(H3,38,39,43). The summed E-state index contributed by atoms with van der Waals surface area (Å²) in [7, 11) is 0. The lowest BCUT2D eigenvalue weighted by atomic mass is 9.95. The van der Waals surface area contributed by atoms with Crippen molar-refractivity contribution in [3.05, 3.63) is 99.7 Å². The number of hydrogen-bond acceptors (Lipinski definition) is 3. The van der Waals surface area contributed by atoms with Gasteiger partial charge in [-0.3, -0.25) is 4.90 Å². The predicted octanol–water partition coefficient (Wildman–Crippen LogP) is 7.57. The molecule has 1 atom stereocenters. The highest BCUT2D eigenvalue weighted by Gasteiger charge is 2.37. The summed E-state index contributed by atoms with van der Waals surface area (Å²) in [5, 5.41) is 7.00. The Morgan fingerprint density at radius 2 is 1.70 bits per heavy atom. The van der Waals surface area contributed by atoms with E-state index < -0.39 is 41.1 Å². The molecule has 1 aliphatic heterocycles. The molecule has 1 unspecified atom stereocenters. The zero-order chi connectivity index (χ0) is 31.1. The van der Waals surface area contributed by atoms with Crippen LogP contribution < -0.4 is 11.1 Å². The number of aromatic nitrogens is 2. The van der Waals surface area contributed by atoms with Gasteiger partial charge in [-0.1, -0.05) is 50.2 Å². The first-order chi connectivity index (χ1) is 20.4. The second kappa shape index (κ2) is 11.8. The van der Waals surface area contributed by atoms with E-state index in [4.69, 9.17) is 10.8 Å². The zero-order valence-corrected chi connectivity index (χ0v) is 24.0. The van der Waals surface area contributed by atoms with Crippen molar-refractivity contribution in [2.24, 2.45) is 5.73 Å². The maximum Gasteiger partial charge on any atom is 0.416 e. The Hall–Kier alpha value is -4.25. The van der Waals surface area contributed by atoms with Gasteiger partial charge in [-0.25, -0.2) is 18.3 Å². The molecule has 1 aliphatic rings. The van der Waals surface area contributed by atoms with Crippen LogP contribution in [-0.2, 0) is 32.0 Å². The average molecular weight is 598 g/mol. The van der Waals surface area contributed by atoms with E-state index in [1.807, 2.05) is 36.9 Å². The number of primary amides is 1. The molecule has 0 fully saturated rings. The van der Waals surface area contributed by atoms with E-state index in [0.717, 1.165) is 35.0 Å². The third-order valence-electron chi connectivity index (χ3n) is 8.07. The van der Waals surface area contributed by atoms with Gasteiger partial charge < -0.3 is 11.1 Å². The monoisotopic (exact) mass is 597 g/mol. The maximum absolute atomic E-state index is 15.8. The Kier molecular flexibility index (Phi) is 8.29. The third kappa shape index (κ3) is 5.73. The normalized spacial score (nSPS) is 14.4. The Balaban J connectivity index is 1.70. The molecule has 0 aliphatic carbocycles. The van der Waals surface area contributed by atoms with E-state index in [-0.39, 0.29) is 17.7 Å². The molecule has 6 nitrogen and oxygen atoms in total. The number of aryl methyl sites for hydroxylation is 2. The Morgan fingerprint density at radius 1 is 1.02 bits per heavy atom. The van der Waals surface area contributed by atoms with Gasteiger partial charge in [0.2, 0.25) is 0 Å². The van der Waals surface area contributed by atoms with Gasteiger partial charge >= 0.3 is 12.2 Å². The van der Waals surface area contributed by atoms with Gasteiger partial charge in [0.05, 0.1) is 28.3 Å². The van der Waals surface area contributed by atoms with Crippen molar-refractivity contribution in [3.8, 4) is 16.9 Å². The highest BCUT2D eigenvalue weighted by atomic mass is 19.4. The average Bonchev–Trinajstić information content (AvgIpc) is 3.35. The second-order valence-corrected chi connectivity index (χ2v) is 10.6. The van der Waals surface area contributed by atoms with E-state index in [2.05, 4.69) is 5.32 Å². The van der Waals surface area contributed by atoms with E-state index in [0.29, 0.717) is 42.8 Å². The number of fused-ring (bicyclic) bond motifs is 1. The molecule has 0 radical (unpaired) electrons. The molecular weight excluding hydrogens is 565 g/mol. The van der Waals surface area contributed by atoms with Crippen LogP contribution in [0, 0.1) is 11.6 Å². The smallest absolute Gasteiger partial charge is 0.351 e. The largest absolute Gasteiger partial charge is 0.416 e. The van der Waals surface area contributed by atoms with Crippen LogP contribution in [0.2, 0.25) is 0 Å². The van der Waals surface area contributed by atoms with Gasteiger partial charge in [-0.05, 0) is 48.6 Å². The SMILES string of the molecule is CCc1cccc(CC)c1-n1nc2c(c1-c1cc(F)c(NC(N)=O)cc1F)CN(C(C)c1ccccc1C(F)(F)F)CC2. The highest BCUT2D eigenvalue weighted by molar-refractivity contribution is 5.88. The third-order valence-corrected chi connectivity index (χ3v) is 8.07. The van der Waals surface area contributed by atoms with Gasteiger partial charge in [0, 0.05) is 42.7 Å². The lowest BCUT2D eigenvalue weighted by Crippen LogP contribution is -2.33. The number of alkyl halides is 3. The van der Waals surface area contributed by atoms with E-state index >= 15 is 8.78 Å². The number of nitrogens with zero attached hydrogens (tertiary/aromatic N) is 3. The molecule has 0 spiro atoms. The van der Waals surface area contributed by atoms with Gasteiger partial charge in [-0.15, -0.1) is 0 Å². The molecule has 0 saturated carbocycles. The summed E-state index contributed by atoms with van der Waals surface area (Å²) < 4.78 is 74.4. The first kappa shape index (κ1) is 30.2. The number of nitrogens with one attached hydrogen (secondary N) is 1. The minimum absolute atomic E-state index is 0.0839. The number of halogens is 5. The maximum atomic E-state index is 15.8. The van der Waals surface area contributed by atoms with Gasteiger partial charge in [0.25, 0.3) is 0 Å². The lowest BCUT2D eigenvalue weighted by Gasteiger charge is -2.34. The summed E-state index contributed by atoms with van der Waals surface area (Å²) in [5.41, 5.74) is 8.32. The summed E-state index contributed by atoms with van der Waals surface area (Å²) in [6.45, 7) is 6.29. The Bertz CT molecular complexity index is 1660. The van der Waals surface area contributed by atoms with Gasteiger partial charge in [0.15, 0.2) is 0 Å². The summed E-state index contributed by atoms with van der Waals surface area (Å²) in [6.07, 6.45) is -2.82. The summed E-state index contributed by atoms with van der Waals surface area (Å²) in [4.78, 5) is 13.2. The number of rotatable bonds is 7. The van der Waals surface area contributed by atoms with Crippen molar-refractivity contribution < 1.29 is 26.7 Å². The number of amides is 2. The molecule has 0 bridgehead atoms. The van der Waals surface area contributed by atoms with Gasteiger partial charge in [0.1, 0.15) is 11.6 Å². The van der Waals surface area contributed by atoms with Crippen molar-refractivity contribution in [1.29, 1.82) is 0 Å². The molecule has 2 amide bonds. The summed E-state index contributed by atoms with van der Waals surface area (Å²) in [5.74, 6) is -1.70. The van der Waals surface area contributed by atoms with Crippen molar-refractivity contribution >= 4 is 11.7 Å². The second-order valence-electron chi connectivity index (χ2n) is 10.6. The molecule has 43 heavy (non-hydrogen) atoms.